The Labute approximate surface area is 215 Å². The van der Waals surface area contributed by atoms with Crippen LogP contribution in [0.2, 0.25) is 0 Å². The van der Waals surface area contributed by atoms with Gasteiger partial charge in [0.25, 0.3) is 0 Å². The molecule has 0 radical (unpaired) electrons. The van der Waals surface area contributed by atoms with Gasteiger partial charge in [0.05, 0.1) is 11.0 Å². The van der Waals surface area contributed by atoms with Crippen LogP contribution in [-0.2, 0) is 7.05 Å². The molecule has 0 aliphatic carbocycles. The summed E-state index contributed by atoms with van der Waals surface area (Å²) in [5, 5.41) is 2.12. The van der Waals surface area contributed by atoms with E-state index >= 15 is 0 Å². The van der Waals surface area contributed by atoms with Crippen LogP contribution >= 0.6 is 0 Å². The van der Waals surface area contributed by atoms with E-state index in [0.29, 0.717) is 5.56 Å². The SMILES string of the molecule is [2H]C([2H])([2H])c1ccc(-c2cc(-c3ccc4c(c3)c3ccccc3n4-c3ccccc3)c(C([2H])([2H])[2H])cc2C)[n+](C)c1. The Hall–Kier alpha value is -4.17. The standard InChI is InChI=1S/C33H29N2/c1-22-14-16-31(34(4)21-22)29-20-28(23(2)18-24(29)3)25-15-17-33-30(19-25)27-12-8-9-13-32(27)35(33)26-10-6-5-7-11-26/h5-21H,1-4H3/q+1/i1D3,2D3. The van der Waals surface area contributed by atoms with Crippen LogP contribution in [0, 0.1) is 20.6 Å². The number of aryl methyl sites for hydroxylation is 4. The van der Waals surface area contributed by atoms with Crippen molar-refractivity contribution in [3.05, 3.63) is 120 Å². The molecule has 0 fully saturated rings. The van der Waals surface area contributed by atoms with Crippen molar-refractivity contribution in [1.82, 2.24) is 4.57 Å². The quantitative estimate of drug-likeness (QED) is 0.238. The zero-order chi connectivity index (χ0) is 29.1. The minimum atomic E-state index is -2.32. The van der Waals surface area contributed by atoms with E-state index in [1.165, 1.54) is 0 Å². The van der Waals surface area contributed by atoms with Crippen molar-refractivity contribution in [2.45, 2.75) is 20.6 Å². The normalized spacial score (nSPS) is 14.7. The molecule has 0 amide bonds. The van der Waals surface area contributed by atoms with Crippen LogP contribution in [0.4, 0.5) is 0 Å². The van der Waals surface area contributed by atoms with Gasteiger partial charge in [0.1, 0.15) is 7.05 Å². The lowest BCUT2D eigenvalue weighted by Gasteiger charge is -2.13. The van der Waals surface area contributed by atoms with E-state index < -0.39 is 13.7 Å². The predicted octanol–water partition coefficient (Wildman–Crippen LogP) is 7.87. The third-order valence-corrected chi connectivity index (χ3v) is 6.77. The summed E-state index contributed by atoms with van der Waals surface area (Å²) in [6, 6.07) is 31.6. The first-order chi connectivity index (χ1) is 19.4. The fourth-order valence-electron chi connectivity index (χ4n) is 5.11. The highest BCUT2D eigenvalue weighted by Gasteiger charge is 2.17. The molecule has 170 valence electrons. The van der Waals surface area contributed by atoms with Gasteiger partial charge in [-0.1, -0.05) is 48.5 Å². The Morgan fingerprint density at radius 3 is 2.29 bits per heavy atom. The number of nitrogens with zero attached hydrogens (tertiary/aromatic N) is 2. The number of fused-ring (bicyclic) bond motifs is 3. The first kappa shape index (κ1) is 15.7. The Morgan fingerprint density at radius 2 is 1.49 bits per heavy atom. The van der Waals surface area contributed by atoms with Gasteiger partial charge in [0.2, 0.25) is 5.69 Å². The maximum Gasteiger partial charge on any atom is 0.212 e. The molecule has 0 aliphatic rings. The van der Waals surface area contributed by atoms with E-state index in [0.717, 1.165) is 49.9 Å². The second kappa shape index (κ2) is 8.25. The molecule has 0 bridgehead atoms. The van der Waals surface area contributed by atoms with Crippen LogP contribution in [0.15, 0.2) is 103 Å². The van der Waals surface area contributed by atoms with Gasteiger partial charge in [0.15, 0.2) is 6.20 Å². The van der Waals surface area contributed by atoms with Crippen LogP contribution in [0.3, 0.4) is 0 Å². The average Bonchev–Trinajstić information content (AvgIpc) is 3.26. The molecule has 0 aliphatic heterocycles. The Morgan fingerprint density at radius 1 is 0.686 bits per heavy atom. The number of para-hydroxylation sites is 2. The number of pyridine rings is 1. The van der Waals surface area contributed by atoms with Crippen molar-refractivity contribution in [1.29, 1.82) is 0 Å². The minimum absolute atomic E-state index is 0.251. The van der Waals surface area contributed by atoms with Crippen molar-refractivity contribution >= 4 is 21.8 Å². The number of rotatable bonds is 3. The third-order valence-electron chi connectivity index (χ3n) is 6.77. The summed E-state index contributed by atoms with van der Waals surface area (Å²) in [6.45, 7) is -2.64. The molecule has 2 nitrogen and oxygen atoms in total. The molecule has 0 spiro atoms. The fraction of sp³-hybridized carbons (Fsp3) is 0.121. The number of hydrogen-bond acceptors (Lipinski definition) is 0. The molecule has 6 aromatic rings. The first-order valence-electron chi connectivity index (χ1n) is 14.7. The molecule has 0 saturated heterocycles. The van der Waals surface area contributed by atoms with Crippen molar-refractivity contribution in [3.63, 3.8) is 0 Å². The number of benzene rings is 4. The summed E-state index contributed by atoms with van der Waals surface area (Å²) < 4.78 is 52.4. The van der Waals surface area contributed by atoms with E-state index in [-0.39, 0.29) is 11.1 Å². The Kier molecular flexibility index (Phi) is 3.69. The highest BCUT2D eigenvalue weighted by molar-refractivity contribution is 6.10. The second-order valence-electron chi connectivity index (χ2n) is 9.05. The van der Waals surface area contributed by atoms with Gasteiger partial charge in [-0.25, -0.2) is 4.57 Å². The van der Waals surface area contributed by atoms with E-state index in [9.17, 15) is 0 Å². The molecule has 2 heteroatoms. The summed E-state index contributed by atoms with van der Waals surface area (Å²) in [6.07, 6.45) is 1.61. The minimum Gasteiger partial charge on any atom is -0.309 e. The van der Waals surface area contributed by atoms with E-state index in [2.05, 4.69) is 41.0 Å². The lowest BCUT2D eigenvalue weighted by Crippen LogP contribution is -2.31. The summed E-state index contributed by atoms with van der Waals surface area (Å²) >= 11 is 0. The van der Waals surface area contributed by atoms with E-state index in [1.54, 1.807) is 29.0 Å². The number of aromatic nitrogens is 2. The molecule has 0 saturated carbocycles. The molecule has 0 N–H and O–H groups in total. The molecule has 4 aromatic carbocycles. The molecule has 2 aromatic heterocycles. The van der Waals surface area contributed by atoms with Crippen LogP contribution in [-0.4, -0.2) is 4.57 Å². The van der Waals surface area contributed by atoms with Crippen LogP contribution in [0.25, 0.3) is 49.9 Å². The Bertz CT molecular complexity index is 1930. The molecule has 2 heterocycles. The topological polar surface area (TPSA) is 8.81 Å². The van der Waals surface area contributed by atoms with Crippen LogP contribution in [0.5, 0.6) is 0 Å². The van der Waals surface area contributed by atoms with Gasteiger partial charge in [-0.15, -0.1) is 0 Å². The molecule has 6 rings (SSSR count). The number of hydrogen-bond donors (Lipinski definition) is 0. The highest BCUT2D eigenvalue weighted by Crippen LogP contribution is 2.37. The largest absolute Gasteiger partial charge is 0.309 e. The third kappa shape index (κ3) is 3.54. The average molecular weight is 460 g/mol. The highest BCUT2D eigenvalue weighted by atomic mass is 15.0. The maximum atomic E-state index is 8.35. The summed E-state index contributed by atoms with van der Waals surface area (Å²) in [5.41, 5.74) is 7.59. The van der Waals surface area contributed by atoms with Gasteiger partial charge < -0.3 is 4.57 Å². The molecule has 0 atom stereocenters. The van der Waals surface area contributed by atoms with E-state index in [4.69, 9.17) is 8.22 Å². The van der Waals surface area contributed by atoms with E-state index in [1.807, 2.05) is 56.4 Å². The zero-order valence-corrected chi connectivity index (χ0v) is 19.7. The first-order valence-corrected chi connectivity index (χ1v) is 11.7. The van der Waals surface area contributed by atoms with Crippen LogP contribution in [0.1, 0.15) is 24.9 Å². The smallest absolute Gasteiger partial charge is 0.212 e. The van der Waals surface area contributed by atoms with Crippen molar-refractivity contribution in [2.24, 2.45) is 7.05 Å². The van der Waals surface area contributed by atoms with Gasteiger partial charge in [-0.05, 0) is 85.3 Å². The molecule has 35 heavy (non-hydrogen) atoms. The van der Waals surface area contributed by atoms with Gasteiger partial charge in [-0.3, -0.25) is 0 Å². The predicted molar refractivity (Wildman–Crippen MR) is 147 cm³/mol. The lowest BCUT2D eigenvalue weighted by atomic mass is 9.92. The molecular weight excluding hydrogens is 424 g/mol. The van der Waals surface area contributed by atoms with Crippen molar-refractivity contribution in [3.8, 4) is 28.1 Å². The monoisotopic (exact) mass is 459 g/mol. The summed E-state index contributed by atoms with van der Waals surface area (Å²) in [7, 11) is 1.81. The van der Waals surface area contributed by atoms with Crippen molar-refractivity contribution < 1.29 is 12.8 Å². The summed E-state index contributed by atoms with van der Waals surface area (Å²) in [5.74, 6) is 0. The second-order valence-corrected chi connectivity index (χ2v) is 9.05. The van der Waals surface area contributed by atoms with Crippen LogP contribution < -0.4 is 4.57 Å². The lowest BCUT2D eigenvalue weighted by molar-refractivity contribution is -0.660. The Balaban J connectivity index is 1.60. The fourth-order valence-corrected chi connectivity index (χ4v) is 5.11. The van der Waals surface area contributed by atoms with Gasteiger partial charge >= 0.3 is 0 Å². The summed E-state index contributed by atoms with van der Waals surface area (Å²) in [4.78, 5) is 0. The molecular formula is C33H29N2+. The van der Waals surface area contributed by atoms with Gasteiger partial charge in [0, 0.05) is 41.9 Å². The van der Waals surface area contributed by atoms with Gasteiger partial charge in [-0.2, -0.15) is 0 Å². The molecule has 0 unspecified atom stereocenters. The maximum absolute atomic E-state index is 8.35. The zero-order valence-electron chi connectivity index (χ0n) is 25.7. The van der Waals surface area contributed by atoms with Crippen molar-refractivity contribution in [2.75, 3.05) is 0 Å².